The standard InChI is InChI=1S/C5H13N3O/c1-2-8-5(9)4(7)3-6/h4H,2-3,6-7H2,1H3,(H,8,9)/i/hD. The monoisotopic (exact) mass is 132 g/mol. The Bertz CT molecular complexity index is 105. The second-order valence-electron chi connectivity index (χ2n) is 1.68. The van der Waals surface area contributed by atoms with Crippen molar-refractivity contribution in [3.63, 3.8) is 0 Å². The van der Waals surface area contributed by atoms with Crippen LogP contribution in [0.15, 0.2) is 0 Å². The quantitative estimate of drug-likeness (QED) is 0.431. The van der Waals surface area contributed by atoms with Gasteiger partial charge >= 0.3 is 0 Å². The second-order valence-corrected chi connectivity index (χ2v) is 1.68. The van der Waals surface area contributed by atoms with Crippen LogP contribution in [0.2, 0.25) is 1.41 Å². The highest BCUT2D eigenvalue weighted by molar-refractivity contribution is 5.81. The summed E-state index contributed by atoms with van der Waals surface area (Å²) in [5, 5.41) is 2.55. The molecule has 0 aliphatic carbocycles. The lowest BCUT2D eigenvalue weighted by Gasteiger charge is -2.06. The molecule has 4 heteroatoms. The van der Waals surface area contributed by atoms with Crippen molar-refractivity contribution in [2.75, 3.05) is 13.1 Å². The van der Waals surface area contributed by atoms with Crippen molar-refractivity contribution in [3.05, 3.63) is 0 Å². The average molecular weight is 132 g/mol. The second kappa shape index (κ2) is 4.29. The Morgan fingerprint density at radius 2 is 2.67 bits per heavy atom. The summed E-state index contributed by atoms with van der Waals surface area (Å²) < 4.78 is 6.68. The van der Waals surface area contributed by atoms with Gasteiger partial charge < -0.3 is 16.8 Å². The predicted octanol–water partition coefficient (Wildman–Crippen LogP) is -1.59. The van der Waals surface area contributed by atoms with Gasteiger partial charge in [0.05, 0.1) is 6.04 Å². The Kier molecular flexibility index (Phi) is 3.10. The van der Waals surface area contributed by atoms with Crippen LogP contribution in [0.4, 0.5) is 0 Å². The Hall–Kier alpha value is -0.610. The number of nitrogens with two attached hydrogens (primary N) is 2. The largest absolute Gasteiger partial charge is 0.355 e. The first-order valence-electron chi connectivity index (χ1n) is 3.41. The number of amides is 1. The minimum atomic E-state index is -0.583. The highest BCUT2D eigenvalue weighted by Gasteiger charge is 2.07. The van der Waals surface area contributed by atoms with Crippen LogP contribution in [-0.4, -0.2) is 25.0 Å². The van der Waals surface area contributed by atoms with Gasteiger partial charge in [0.25, 0.3) is 0 Å². The Balaban J connectivity index is 3.65. The highest BCUT2D eigenvalue weighted by Crippen LogP contribution is 1.71. The Labute approximate surface area is 56.1 Å². The molecule has 0 aromatic carbocycles. The number of carbonyl (C=O) groups is 1. The van der Waals surface area contributed by atoms with Crippen LogP contribution in [0.25, 0.3) is 0 Å². The third kappa shape index (κ3) is 3.05. The topological polar surface area (TPSA) is 81.1 Å². The fourth-order valence-electron chi connectivity index (χ4n) is 0.404. The van der Waals surface area contributed by atoms with Gasteiger partial charge in [-0.1, -0.05) is 0 Å². The molecule has 1 unspecified atom stereocenters. The van der Waals surface area contributed by atoms with Crippen LogP contribution in [0, 0.1) is 0 Å². The first-order chi connectivity index (χ1) is 4.76. The summed E-state index contributed by atoms with van der Waals surface area (Å²) in [6.07, 6.45) is 0. The maximum atomic E-state index is 10.8. The van der Waals surface area contributed by atoms with Crippen molar-refractivity contribution in [1.29, 1.82) is 0 Å². The molecule has 9 heavy (non-hydrogen) atoms. The molecule has 0 aromatic heterocycles. The van der Waals surface area contributed by atoms with E-state index in [1.165, 1.54) is 0 Å². The van der Waals surface area contributed by atoms with Crippen LogP contribution in [0.3, 0.4) is 0 Å². The lowest BCUT2D eigenvalue weighted by molar-refractivity contribution is -0.122. The molecule has 0 saturated heterocycles. The third-order valence-corrected chi connectivity index (χ3v) is 0.903. The van der Waals surface area contributed by atoms with E-state index in [0.717, 1.165) is 0 Å². The molecule has 1 amide bonds. The van der Waals surface area contributed by atoms with Gasteiger partial charge in [-0.15, -0.1) is 0 Å². The number of likely N-dealkylation sites (N-methyl/N-ethyl adjacent to an activating group) is 1. The minimum absolute atomic E-state index is 0.148. The number of nitrogens with one attached hydrogen (secondary N) is 1. The lowest BCUT2D eigenvalue weighted by atomic mass is 10.3. The van der Waals surface area contributed by atoms with E-state index in [9.17, 15) is 4.79 Å². The smallest absolute Gasteiger partial charge is 0.238 e. The summed E-state index contributed by atoms with van der Waals surface area (Å²) in [4.78, 5) is 10.8. The molecule has 0 rings (SSSR count). The number of carbonyl (C=O) groups excluding carboxylic acids is 1. The summed E-state index contributed by atoms with van der Waals surface area (Å²) in [5.74, 6) is -0.222. The number of hydrogen-bond acceptors (Lipinski definition) is 3. The van der Waals surface area contributed by atoms with E-state index in [0.29, 0.717) is 6.54 Å². The van der Waals surface area contributed by atoms with Gasteiger partial charge in [0, 0.05) is 13.1 Å². The van der Waals surface area contributed by atoms with Crippen molar-refractivity contribution >= 4 is 5.91 Å². The van der Waals surface area contributed by atoms with Gasteiger partial charge in [-0.25, -0.2) is 0 Å². The van der Waals surface area contributed by atoms with E-state index >= 15 is 0 Å². The van der Waals surface area contributed by atoms with Crippen molar-refractivity contribution < 1.29 is 6.21 Å². The Morgan fingerprint density at radius 1 is 2.00 bits per heavy atom. The molecule has 0 heterocycles. The summed E-state index contributed by atoms with van der Waals surface area (Å²) >= 11 is 0. The average Bonchev–Trinajstić information content (AvgIpc) is 1.91. The summed E-state index contributed by atoms with van der Waals surface area (Å²) in [6.45, 7) is 2.53. The molecule has 0 aliphatic rings. The maximum absolute atomic E-state index is 10.8. The summed E-state index contributed by atoms with van der Waals surface area (Å²) in [7, 11) is 0. The van der Waals surface area contributed by atoms with Crippen molar-refractivity contribution in [2.45, 2.75) is 13.0 Å². The maximum Gasteiger partial charge on any atom is 0.238 e. The molecule has 0 fully saturated rings. The molecule has 0 aliphatic heterocycles. The molecule has 0 spiro atoms. The highest BCUT2D eigenvalue weighted by atomic mass is 16.2. The molecule has 0 saturated carbocycles. The van der Waals surface area contributed by atoms with E-state index in [1.54, 1.807) is 0 Å². The van der Waals surface area contributed by atoms with E-state index < -0.39 is 6.04 Å². The zero-order chi connectivity index (χ0) is 7.98. The fourth-order valence-corrected chi connectivity index (χ4v) is 0.404. The fraction of sp³-hybridized carbons (Fsp3) is 0.800. The molecule has 1 atom stereocenters. The van der Waals surface area contributed by atoms with Crippen LogP contribution in [0.5, 0.6) is 0 Å². The van der Waals surface area contributed by atoms with Gasteiger partial charge in [0.2, 0.25) is 5.91 Å². The van der Waals surface area contributed by atoms with Crippen molar-refractivity contribution in [2.24, 2.45) is 11.5 Å². The van der Waals surface area contributed by atoms with Crippen LogP contribution in [-0.2, 0) is 4.79 Å². The van der Waals surface area contributed by atoms with Gasteiger partial charge in [-0.3, -0.25) is 4.79 Å². The Morgan fingerprint density at radius 3 is 3.00 bits per heavy atom. The predicted molar refractivity (Wildman–Crippen MR) is 35.7 cm³/mol. The third-order valence-electron chi connectivity index (χ3n) is 0.903. The lowest BCUT2D eigenvalue weighted by Crippen LogP contribution is -2.45. The first-order valence-corrected chi connectivity index (χ1v) is 2.91. The van der Waals surface area contributed by atoms with Crippen LogP contribution in [0.1, 0.15) is 6.92 Å². The van der Waals surface area contributed by atoms with Crippen molar-refractivity contribution in [1.82, 2.24) is 5.32 Å². The number of rotatable bonds is 4. The SMILES string of the molecule is [2H]NC(CN)C(=O)NCC. The first kappa shape index (κ1) is 6.51. The molecule has 0 aromatic rings. The molecule has 54 valence electrons. The number of hydrogen-bond donors (Lipinski definition) is 3. The van der Waals surface area contributed by atoms with Crippen LogP contribution < -0.4 is 16.8 Å². The summed E-state index contributed by atoms with van der Waals surface area (Å²) in [6, 6.07) is -0.583. The zero-order valence-electron chi connectivity index (χ0n) is 6.48. The minimum Gasteiger partial charge on any atom is -0.355 e. The molecule has 0 radical (unpaired) electrons. The molecular weight excluding hydrogens is 118 g/mol. The van der Waals surface area contributed by atoms with E-state index in [2.05, 4.69) is 5.32 Å². The van der Waals surface area contributed by atoms with E-state index in [4.69, 9.17) is 7.15 Å². The molecule has 5 N–H and O–H groups in total. The van der Waals surface area contributed by atoms with E-state index in [1.807, 2.05) is 12.7 Å². The van der Waals surface area contributed by atoms with Gasteiger partial charge in [-0.2, -0.15) is 0 Å². The van der Waals surface area contributed by atoms with Gasteiger partial charge in [0.1, 0.15) is 1.41 Å². The van der Waals surface area contributed by atoms with Crippen LogP contribution >= 0.6 is 0 Å². The summed E-state index contributed by atoms with van der Waals surface area (Å²) in [5.41, 5.74) is 7.22. The zero-order valence-corrected chi connectivity index (χ0v) is 5.48. The molecule has 0 bridgehead atoms. The molecular formula is C5H13N3O. The van der Waals surface area contributed by atoms with Crippen molar-refractivity contribution in [3.8, 4) is 0 Å². The molecule has 4 nitrogen and oxygen atoms in total. The normalized spacial score (nSPS) is 14.2. The van der Waals surface area contributed by atoms with Gasteiger partial charge in [-0.05, 0) is 6.92 Å². The van der Waals surface area contributed by atoms with Gasteiger partial charge in [0.15, 0.2) is 0 Å². The van der Waals surface area contributed by atoms with E-state index in [-0.39, 0.29) is 12.5 Å².